The third kappa shape index (κ3) is 5.10. The molecule has 0 unspecified atom stereocenters. The lowest BCUT2D eigenvalue weighted by atomic mass is 10.2. The summed E-state index contributed by atoms with van der Waals surface area (Å²) in [7, 11) is 0. The van der Waals surface area contributed by atoms with Crippen molar-refractivity contribution in [2.45, 2.75) is 22.0 Å². The number of carbonyl (C=O) groups excluding carboxylic acids is 2. The Bertz CT molecular complexity index is 895. The first kappa shape index (κ1) is 18.5. The molecule has 0 atom stereocenters. The lowest BCUT2D eigenvalue weighted by Crippen LogP contribution is -2.10. The molecule has 0 aliphatic carbocycles. The van der Waals surface area contributed by atoms with Gasteiger partial charge in [0.2, 0.25) is 0 Å². The number of benzene rings is 1. The zero-order chi connectivity index (χ0) is 18.4. The van der Waals surface area contributed by atoms with Crippen LogP contribution in [-0.4, -0.2) is 33.7 Å². The summed E-state index contributed by atoms with van der Waals surface area (Å²) in [5.74, 6) is -0.501. The molecule has 3 rings (SSSR count). The number of hydrogen-bond donors (Lipinski definition) is 1. The van der Waals surface area contributed by atoms with Crippen LogP contribution in [0.4, 0.5) is 5.00 Å². The summed E-state index contributed by atoms with van der Waals surface area (Å²) >= 11 is 4.01. The van der Waals surface area contributed by atoms with E-state index < -0.39 is 0 Å². The Hall–Kier alpha value is -2.30. The fraction of sp³-hybridized carbons (Fsp3) is 0.188. The normalized spacial score (nSPS) is 10.5. The molecule has 0 radical (unpaired) electrons. The van der Waals surface area contributed by atoms with Gasteiger partial charge in [0.15, 0.2) is 8.68 Å². The van der Waals surface area contributed by atoms with Crippen molar-refractivity contribution < 1.29 is 14.3 Å². The minimum Gasteiger partial charge on any atom is -0.466 e. The molecular weight excluding hydrogens is 392 g/mol. The van der Waals surface area contributed by atoms with Crippen LogP contribution in [0.15, 0.2) is 45.2 Å². The van der Waals surface area contributed by atoms with Crippen molar-refractivity contribution in [2.24, 2.45) is 0 Å². The van der Waals surface area contributed by atoms with E-state index in [4.69, 9.17) is 4.74 Å². The number of aromatic nitrogens is 3. The topological polar surface area (TPSA) is 94.1 Å². The highest BCUT2D eigenvalue weighted by atomic mass is 32.2. The Balaban J connectivity index is 1.58. The van der Waals surface area contributed by atoms with Gasteiger partial charge in [0.25, 0.3) is 5.91 Å². The monoisotopic (exact) mass is 406 g/mol. The van der Waals surface area contributed by atoms with Crippen molar-refractivity contribution in [1.29, 1.82) is 0 Å². The molecule has 0 aliphatic heterocycles. The summed E-state index contributed by atoms with van der Waals surface area (Å²) < 4.78 is 6.30. The quantitative estimate of drug-likeness (QED) is 0.600. The van der Waals surface area contributed by atoms with E-state index in [2.05, 4.69) is 20.5 Å². The summed E-state index contributed by atoms with van der Waals surface area (Å²) in [6.07, 6.45) is 1.72. The van der Waals surface area contributed by atoms with Crippen molar-refractivity contribution in [3.05, 3.63) is 47.1 Å². The summed E-state index contributed by atoms with van der Waals surface area (Å²) in [5, 5.41) is 12.1. The van der Waals surface area contributed by atoms with Gasteiger partial charge in [-0.3, -0.25) is 9.59 Å². The number of amides is 1. The average Bonchev–Trinajstić information content (AvgIpc) is 3.25. The van der Waals surface area contributed by atoms with Crippen LogP contribution in [0, 0.1) is 0 Å². The molecule has 26 heavy (non-hydrogen) atoms. The number of hydrogen-bond acceptors (Lipinski definition) is 9. The van der Waals surface area contributed by atoms with Gasteiger partial charge < -0.3 is 10.1 Å². The zero-order valence-corrected chi connectivity index (χ0v) is 16.1. The van der Waals surface area contributed by atoms with Crippen molar-refractivity contribution in [1.82, 2.24) is 15.2 Å². The number of anilines is 1. The minimum atomic E-state index is -0.319. The highest BCUT2D eigenvalue weighted by Crippen LogP contribution is 2.35. The fourth-order valence-corrected chi connectivity index (χ4v) is 4.85. The molecule has 2 aromatic heterocycles. The molecule has 0 aliphatic rings. The molecule has 0 saturated carbocycles. The summed E-state index contributed by atoms with van der Waals surface area (Å²) in [6.45, 7) is 2.10. The van der Waals surface area contributed by atoms with Crippen LogP contribution in [0.3, 0.4) is 0 Å². The lowest BCUT2D eigenvalue weighted by molar-refractivity contribution is -0.142. The predicted octanol–water partition coefficient (Wildman–Crippen LogP) is 3.50. The molecule has 0 bridgehead atoms. The number of nitrogens with one attached hydrogen (secondary N) is 1. The van der Waals surface area contributed by atoms with Crippen molar-refractivity contribution >= 4 is 51.3 Å². The van der Waals surface area contributed by atoms with Gasteiger partial charge in [-0.05, 0) is 30.8 Å². The highest BCUT2D eigenvalue weighted by Gasteiger charge is 2.13. The number of nitrogens with zero attached hydrogens (tertiary/aromatic N) is 3. The van der Waals surface area contributed by atoms with Crippen LogP contribution in [0.5, 0.6) is 0 Å². The zero-order valence-electron chi connectivity index (χ0n) is 13.7. The molecule has 2 heterocycles. The second kappa shape index (κ2) is 8.88. The first-order valence-corrected chi connectivity index (χ1v) is 10.1. The third-order valence-corrected chi connectivity index (χ3v) is 5.94. The second-order valence-electron chi connectivity index (χ2n) is 4.86. The minimum absolute atomic E-state index is 0.113. The van der Waals surface area contributed by atoms with E-state index in [0.29, 0.717) is 26.5 Å². The van der Waals surface area contributed by atoms with Crippen LogP contribution in [-0.2, 0) is 16.0 Å². The van der Waals surface area contributed by atoms with Crippen LogP contribution in [0.2, 0.25) is 0 Å². The number of carbonyl (C=O) groups is 2. The molecule has 0 saturated heterocycles. The summed E-state index contributed by atoms with van der Waals surface area (Å²) in [4.78, 5) is 27.9. The highest BCUT2D eigenvalue weighted by molar-refractivity contribution is 8.02. The Kier molecular flexibility index (Phi) is 6.31. The van der Waals surface area contributed by atoms with E-state index in [1.54, 1.807) is 25.3 Å². The van der Waals surface area contributed by atoms with Crippen molar-refractivity contribution in [3.8, 4) is 0 Å². The maximum atomic E-state index is 12.1. The van der Waals surface area contributed by atoms with E-state index >= 15 is 0 Å². The van der Waals surface area contributed by atoms with Crippen LogP contribution >= 0.6 is 34.4 Å². The molecule has 10 heteroatoms. The van der Waals surface area contributed by atoms with Gasteiger partial charge in [0.05, 0.1) is 19.2 Å². The van der Waals surface area contributed by atoms with Gasteiger partial charge in [-0.1, -0.05) is 40.9 Å². The van der Waals surface area contributed by atoms with E-state index in [1.165, 1.54) is 34.4 Å². The largest absolute Gasteiger partial charge is 0.466 e. The lowest BCUT2D eigenvalue weighted by Gasteiger charge is -2.00. The molecule has 0 fully saturated rings. The van der Waals surface area contributed by atoms with E-state index in [1.807, 2.05) is 18.2 Å². The fourth-order valence-electron chi connectivity index (χ4n) is 1.90. The van der Waals surface area contributed by atoms with Gasteiger partial charge in [-0.15, -0.1) is 10.2 Å². The third-order valence-electron chi connectivity index (χ3n) is 2.98. The molecule has 0 spiro atoms. The van der Waals surface area contributed by atoms with Gasteiger partial charge in [0.1, 0.15) is 10.0 Å². The van der Waals surface area contributed by atoms with Gasteiger partial charge in [-0.25, -0.2) is 4.98 Å². The van der Waals surface area contributed by atoms with E-state index in [-0.39, 0.29) is 18.3 Å². The van der Waals surface area contributed by atoms with Crippen LogP contribution in [0.1, 0.15) is 22.3 Å². The Morgan fingerprint density at radius 1 is 1.15 bits per heavy atom. The maximum absolute atomic E-state index is 12.1. The van der Waals surface area contributed by atoms with Gasteiger partial charge in [0, 0.05) is 5.56 Å². The molecule has 1 N–H and O–H groups in total. The number of esters is 1. The first-order chi connectivity index (χ1) is 12.6. The number of rotatable bonds is 7. The predicted molar refractivity (Wildman–Crippen MR) is 101 cm³/mol. The average molecular weight is 407 g/mol. The standard InChI is InChI=1S/C16H14N4O3S3/c1-2-23-13(21)8-11-19-20-16(24-11)26-15-17-9-12(25-15)18-14(22)10-6-4-3-5-7-10/h3-7,9H,2,8H2,1H3,(H,18,22). The van der Waals surface area contributed by atoms with Crippen LogP contribution in [0.25, 0.3) is 0 Å². The van der Waals surface area contributed by atoms with Crippen molar-refractivity contribution in [3.63, 3.8) is 0 Å². The Morgan fingerprint density at radius 3 is 2.73 bits per heavy atom. The van der Waals surface area contributed by atoms with Crippen molar-refractivity contribution in [2.75, 3.05) is 11.9 Å². The van der Waals surface area contributed by atoms with Gasteiger partial charge in [-0.2, -0.15) is 0 Å². The summed E-state index contributed by atoms with van der Waals surface area (Å²) in [6, 6.07) is 8.98. The molecule has 7 nitrogen and oxygen atoms in total. The molecular formula is C16H14N4O3S3. The Labute approximate surface area is 161 Å². The molecule has 1 aromatic carbocycles. The van der Waals surface area contributed by atoms with Crippen LogP contribution < -0.4 is 5.32 Å². The first-order valence-electron chi connectivity index (χ1n) is 7.62. The molecule has 134 valence electrons. The number of thiazole rings is 1. The van der Waals surface area contributed by atoms with E-state index in [9.17, 15) is 9.59 Å². The maximum Gasteiger partial charge on any atom is 0.312 e. The molecule has 3 aromatic rings. The van der Waals surface area contributed by atoms with Gasteiger partial charge >= 0.3 is 5.97 Å². The SMILES string of the molecule is CCOC(=O)Cc1nnc(Sc2ncc(NC(=O)c3ccccc3)s2)s1. The number of ether oxygens (including phenoxy) is 1. The van der Waals surface area contributed by atoms with E-state index in [0.717, 1.165) is 4.34 Å². The Morgan fingerprint density at radius 2 is 1.96 bits per heavy atom. The smallest absolute Gasteiger partial charge is 0.312 e. The second-order valence-corrected chi connectivity index (χ2v) is 8.44. The summed E-state index contributed by atoms with van der Waals surface area (Å²) in [5.41, 5.74) is 0.586. The molecule has 1 amide bonds.